The largest absolute Gasteiger partial charge is 0.376 e. The molecule has 90 valence electrons. The minimum Gasteiger partial charge on any atom is -0.376 e. The van der Waals surface area contributed by atoms with Gasteiger partial charge in [-0.15, -0.1) is 0 Å². The third-order valence-electron chi connectivity index (χ3n) is 2.83. The SMILES string of the molecule is O=C1CN(C(=O)NC[C@H]2CCCO2)CCN1. The highest BCUT2D eigenvalue weighted by Crippen LogP contribution is 2.10. The molecule has 2 saturated heterocycles. The molecule has 6 nitrogen and oxygen atoms in total. The van der Waals surface area contributed by atoms with E-state index in [-0.39, 0.29) is 24.6 Å². The van der Waals surface area contributed by atoms with Crippen LogP contribution in [0.25, 0.3) is 0 Å². The van der Waals surface area contributed by atoms with Crippen LogP contribution < -0.4 is 10.6 Å². The van der Waals surface area contributed by atoms with E-state index >= 15 is 0 Å². The fourth-order valence-electron chi connectivity index (χ4n) is 1.93. The molecule has 0 unspecified atom stereocenters. The molecule has 2 heterocycles. The number of piperazine rings is 1. The summed E-state index contributed by atoms with van der Waals surface area (Å²) in [6, 6.07) is -0.176. The molecule has 3 amide bonds. The van der Waals surface area contributed by atoms with Crippen LogP contribution in [0.4, 0.5) is 4.79 Å². The van der Waals surface area contributed by atoms with Crippen molar-refractivity contribution >= 4 is 11.9 Å². The number of rotatable bonds is 2. The number of carbonyl (C=O) groups excluding carboxylic acids is 2. The van der Waals surface area contributed by atoms with Gasteiger partial charge in [0.15, 0.2) is 0 Å². The Hall–Kier alpha value is -1.30. The predicted octanol–water partition coefficient (Wildman–Crippen LogP) is -0.693. The molecular weight excluding hydrogens is 210 g/mol. The van der Waals surface area contributed by atoms with E-state index in [2.05, 4.69) is 10.6 Å². The van der Waals surface area contributed by atoms with Crippen LogP contribution in [0.15, 0.2) is 0 Å². The number of amides is 3. The maximum atomic E-state index is 11.7. The molecule has 2 rings (SSSR count). The third kappa shape index (κ3) is 2.85. The van der Waals surface area contributed by atoms with Gasteiger partial charge >= 0.3 is 6.03 Å². The molecule has 0 spiro atoms. The van der Waals surface area contributed by atoms with Gasteiger partial charge in [0.25, 0.3) is 0 Å². The molecule has 16 heavy (non-hydrogen) atoms. The van der Waals surface area contributed by atoms with E-state index in [1.165, 1.54) is 4.90 Å². The number of carbonyl (C=O) groups is 2. The van der Waals surface area contributed by atoms with Gasteiger partial charge in [0.2, 0.25) is 5.91 Å². The van der Waals surface area contributed by atoms with Gasteiger partial charge in [-0.05, 0) is 12.8 Å². The van der Waals surface area contributed by atoms with Gasteiger partial charge < -0.3 is 20.3 Å². The van der Waals surface area contributed by atoms with Gasteiger partial charge in [0, 0.05) is 26.2 Å². The number of hydrogen-bond donors (Lipinski definition) is 2. The van der Waals surface area contributed by atoms with Gasteiger partial charge in [0.05, 0.1) is 6.10 Å². The van der Waals surface area contributed by atoms with Crippen molar-refractivity contribution in [2.45, 2.75) is 18.9 Å². The molecule has 2 aliphatic heterocycles. The highest BCUT2D eigenvalue weighted by Gasteiger charge is 2.22. The van der Waals surface area contributed by atoms with Crippen molar-refractivity contribution in [3.8, 4) is 0 Å². The van der Waals surface area contributed by atoms with E-state index in [4.69, 9.17) is 4.74 Å². The Labute approximate surface area is 94.3 Å². The van der Waals surface area contributed by atoms with Crippen molar-refractivity contribution in [2.24, 2.45) is 0 Å². The fraction of sp³-hybridized carbons (Fsp3) is 0.800. The number of hydrogen-bond acceptors (Lipinski definition) is 3. The van der Waals surface area contributed by atoms with Crippen molar-refractivity contribution in [1.82, 2.24) is 15.5 Å². The molecule has 0 aliphatic carbocycles. The summed E-state index contributed by atoms with van der Waals surface area (Å²) in [6.07, 6.45) is 2.20. The van der Waals surface area contributed by atoms with Gasteiger partial charge in [0.1, 0.15) is 6.54 Å². The fourth-order valence-corrected chi connectivity index (χ4v) is 1.93. The summed E-state index contributed by atoms with van der Waals surface area (Å²) >= 11 is 0. The second-order valence-corrected chi connectivity index (χ2v) is 4.09. The summed E-state index contributed by atoms with van der Waals surface area (Å²) in [5.41, 5.74) is 0. The average molecular weight is 227 g/mol. The van der Waals surface area contributed by atoms with E-state index in [0.717, 1.165) is 19.4 Å². The van der Waals surface area contributed by atoms with Crippen molar-refractivity contribution < 1.29 is 14.3 Å². The first-order valence-electron chi connectivity index (χ1n) is 5.67. The van der Waals surface area contributed by atoms with Gasteiger partial charge in [-0.3, -0.25) is 4.79 Å². The van der Waals surface area contributed by atoms with E-state index in [0.29, 0.717) is 19.6 Å². The second kappa shape index (κ2) is 5.16. The van der Waals surface area contributed by atoms with Crippen molar-refractivity contribution in [1.29, 1.82) is 0 Å². The third-order valence-corrected chi connectivity index (χ3v) is 2.83. The predicted molar refractivity (Wildman–Crippen MR) is 57.0 cm³/mol. The lowest BCUT2D eigenvalue weighted by atomic mass is 10.2. The molecule has 6 heteroatoms. The zero-order valence-corrected chi connectivity index (χ0v) is 9.20. The van der Waals surface area contributed by atoms with E-state index in [1.807, 2.05) is 0 Å². The molecule has 2 aliphatic rings. The van der Waals surface area contributed by atoms with E-state index < -0.39 is 0 Å². The molecule has 0 aromatic heterocycles. The average Bonchev–Trinajstić information content (AvgIpc) is 2.78. The smallest absolute Gasteiger partial charge is 0.318 e. The maximum absolute atomic E-state index is 11.7. The molecule has 0 aromatic rings. The highest BCUT2D eigenvalue weighted by atomic mass is 16.5. The highest BCUT2D eigenvalue weighted by molar-refractivity contribution is 5.85. The molecule has 0 aromatic carbocycles. The van der Waals surface area contributed by atoms with Gasteiger partial charge in [-0.2, -0.15) is 0 Å². The lowest BCUT2D eigenvalue weighted by molar-refractivity contribution is -0.123. The Morgan fingerprint density at radius 3 is 3.19 bits per heavy atom. The number of ether oxygens (including phenoxy) is 1. The Morgan fingerprint density at radius 2 is 2.50 bits per heavy atom. The zero-order valence-electron chi connectivity index (χ0n) is 9.20. The minimum atomic E-state index is -0.176. The van der Waals surface area contributed by atoms with Crippen LogP contribution in [-0.4, -0.2) is 55.7 Å². The van der Waals surface area contributed by atoms with Gasteiger partial charge in [-0.25, -0.2) is 4.79 Å². The Morgan fingerprint density at radius 1 is 1.62 bits per heavy atom. The quantitative estimate of drug-likeness (QED) is 0.656. The lowest BCUT2D eigenvalue weighted by Gasteiger charge is -2.27. The zero-order chi connectivity index (χ0) is 11.4. The molecular formula is C10H17N3O3. The molecule has 0 radical (unpaired) electrons. The first kappa shape index (κ1) is 11.2. The number of nitrogens with one attached hydrogen (secondary N) is 2. The molecule has 0 bridgehead atoms. The van der Waals surface area contributed by atoms with Crippen LogP contribution in [0.5, 0.6) is 0 Å². The first-order valence-corrected chi connectivity index (χ1v) is 5.67. The molecule has 0 saturated carbocycles. The van der Waals surface area contributed by atoms with E-state index in [1.54, 1.807) is 0 Å². The summed E-state index contributed by atoms with van der Waals surface area (Å²) in [5.74, 6) is -0.0986. The van der Waals surface area contributed by atoms with Crippen LogP contribution >= 0.6 is 0 Å². The Kier molecular flexibility index (Phi) is 3.61. The summed E-state index contributed by atoms with van der Waals surface area (Å²) in [5, 5.41) is 5.48. The summed E-state index contributed by atoms with van der Waals surface area (Å²) in [7, 11) is 0. The van der Waals surface area contributed by atoms with Crippen LogP contribution in [0.2, 0.25) is 0 Å². The topological polar surface area (TPSA) is 70.7 Å². The standard InChI is InChI=1S/C10H17N3O3/c14-9-7-13(4-3-11-9)10(15)12-6-8-2-1-5-16-8/h8H,1-7H2,(H,11,14)(H,12,15)/t8-/m1/s1. The Balaban J connectivity index is 1.72. The first-order chi connectivity index (χ1) is 7.75. The summed E-state index contributed by atoms with van der Waals surface area (Å²) in [6.45, 7) is 2.58. The summed E-state index contributed by atoms with van der Waals surface area (Å²) in [4.78, 5) is 24.3. The lowest BCUT2D eigenvalue weighted by Crippen LogP contribution is -2.53. The molecule has 2 N–H and O–H groups in total. The van der Waals surface area contributed by atoms with Crippen LogP contribution in [0, 0.1) is 0 Å². The van der Waals surface area contributed by atoms with Gasteiger partial charge in [-0.1, -0.05) is 0 Å². The van der Waals surface area contributed by atoms with Crippen molar-refractivity contribution in [3.63, 3.8) is 0 Å². The normalized spacial score (nSPS) is 25.4. The molecule has 1 atom stereocenters. The van der Waals surface area contributed by atoms with E-state index in [9.17, 15) is 9.59 Å². The number of urea groups is 1. The summed E-state index contributed by atoms with van der Waals surface area (Å²) < 4.78 is 5.40. The van der Waals surface area contributed by atoms with Crippen molar-refractivity contribution in [3.05, 3.63) is 0 Å². The van der Waals surface area contributed by atoms with Crippen LogP contribution in [0.3, 0.4) is 0 Å². The second-order valence-electron chi connectivity index (χ2n) is 4.09. The van der Waals surface area contributed by atoms with Crippen LogP contribution in [0.1, 0.15) is 12.8 Å². The van der Waals surface area contributed by atoms with Crippen molar-refractivity contribution in [2.75, 3.05) is 32.8 Å². The monoisotopic (exact) mass is 227 g/mol. The number of nitrogens with zero attached hydrogens (tertiary/aromatic N) is 1. The Bertz CT molecular complexity index is 276. The minimum absolute atomic E-state index is 0.0986. The maximum Gasteiger partial charge on any atom is 0.318 e. The molecule has 2 fully saturated rings. The van der Waals surface area contributed by atoms with Crippen LogP contribution in [-0.2, 0) is 9.53 Å².